The summed E-state index contributed by atoms with van der Waals surface area (Å²) in [5.74, 6) is -0.789. The third-order valence-corrected chi connectivity index (χ3v) is 3.02. The normalized spacial score (nSPS) is 18.8. The maximum Gasteiger partial charge on any atom is 0.279 e. The molecule has 0 aromatic heterocycles. The molecule has 1 aliphatic heterocycles. The van der Waals surface area contributed by atoms with Crippen LogP contribution < -0.4 is 15.5 Å². The van der Waals surface area contributed by atoms with Gasteiger partial charge in [0.25, 0.3) is 11.8 Å². The molecular formula is C13H17FN3O2+. The van der Waals surface area contributed by atoms with Crippen molar-refractivity contribution in [2.24, 2.45) is 0 Å². The Hall–Kier alpha value is -1.95. The van der Waals surface area contributed by atoms with E-state index >= 15 is 0 Å². The van der Waals surface area contributed by atoms with Crippen molar-refractivity contribution in [2.45, 2.75) is 6.92 Å². The predicted molar refractivity (Wildman–Crippen MR) is 68.3 cm³/mol. The lowest BCUT2D eigenvalue weighted by molar-refractivity contribution is -0.885. The first kappa shape index (κ1) is 13.5. The minimum Gasteiger partial charge on any atom is -0.346 e. The first-order valence-electron chi connectivity index (χ1n) is 6.21. The Morgan fingerprint density at radius 1 is 1.53 bits per heavy atom. The summed E-state index contributed by atoms with van der Waals surface area (Å²) in [6, 6.07) is 4.65. The van der Waals surface area contributed by atoms with Gasteiger partial charge in [-0.3, -0.25) is 9.59 Å². The van der Waals surface area contributed by atoms with Crippen LogP contribution in [0.5, 0.6) is 0 Å². The van der Waals surface area contributed by atoms with E-state index in [2.05, 4.69) is 10.6 Å². The van der Waals surface area contributed by atoms with E-state index in [-0.39, 0.29) is 30.6 Å². The van der Waals surface area contributed by atoms with E-state index in [9.17, 15) is 14.0 Å². The number of benzene rings is 1. The zero-order valence-corrected chi connectivity index (χ0v) is 10.8. The molecule has 0 bridgehead atoms. The Morgan fingerprint density at radius 3 is 3.00 bits per heavy atom. The molecule has 102 valence electrons. The number of anilines is 1. The summed E-state index contributed by atoms with van der Waals surface area (Å²) >= 11 is 0. The molecular weight excluding hydrogens is 249 g/mol. The van der Waals surface area contributed by atoms with E-state index in [4.69, 9.17) is 0 Å². The third kappa shape index (κ3) is 3.75. The molecule has 1 fully saturated rings. The summed E-state index contributed by atoms with van der Waals surface area (Å²) in [6.07, 6.45) is 0. The summed E-state index contributed by atoms with van der Waals surface area (Å²) in [4.78, 5) is 23.9. The number of quaternary nitrogens is 1. The minimum atomic E-state index is -0.445. The molecule has 1 aromatic rings. The first-order valence-corrected chi connectivity index (χ1v) is 6.21. The molecule has 1 heterocycles. The molecule has 2 amide bonds. The maximum atomic E-state index is 13.6. The molecule has 1 unspecified atom stereocenters. The number of nitrogens with one attached hydrogen (secondary N) is 3. The molecule has 0 radical (unpaired) electrons. The van der Waals surface area contributed by atoms with Gasteiger partial charge in [0.05, 0.1) is 18.8 Å². The molecule has 1 aromatic carbocycles. The fourth-order valence-electron chi connectivity index (χ4n) is 2.05. The highest BCUT2D eigenvalue weighted by Crippen LogP contribution is 2.14. The van der Waals surface area contributed by atoms with Crippen molar-refractivity contribution < 1.29 is 18.9 Å². The van der Waals surface area contributed by atoms with Crippen molar-refractivity contribution in [1.82, 2.24) is 5.32 Å². The first-order chi connectivity index (χ1) is 9.04. The van der Waals surface area contributed by atoms with Crippen molar-refractivity contribution in [1.29, 1.82) is 0 Å². The number of halogens is 1. The minimum absolute atomic E-state index is 0.0597. The third-order valence-electron chi connectivity index (χ3n) is 3.02. The van der Waals surface area contributed by atoms with Gasteiger partial charge in [-0.05, 0) is 24.6 Å². The van der Waals surface area contributed by atoms with E-state index in [1.165, 1.54) is 6.07 Å². The van der Waals surface area contributed by atoms with Crippen LogP contribution in [0, 0.1) is 12.7 Å². The largest absolute Gasteiger partial charge is 0.346 e. The van der Waals surface area contributed by atoms with Crippen LogP contribution in [0.2, 0.25) is 0 Å². The molecule has 0 saturated carbocycles. The monoisotopic (exact) mass is 266 g/mol. The second kappa shape index (κ2) is 5.79. The number of hydrogen-bond acceptors (Lipinski definition) is 2. The number of piperazine rings is 1. The fraction of sp³-hybridized carbons (Fsp3) is 0.385. The number of aryl methyl sites for hydroxylation is 1. The lowest BCUT2D eigenvalue weighted by Crippen LogP contribution is -3.16. The van der Waals surface area contributed by atoms with Crippen molar-refractivity contribution in [3.8, 4) is 0 Å². The summed E-state index contributed by atoms with van der Waals surface area (Å²) in [5.41, 5.74) is 0.977. The molecule has 1 saturated heterocycles. The van der Waals surface area contributed by atoms with Gasteiger partial charge < -0.3 is 15.5 Å². The van der Waals surface area contributed by atoms with Crippen LogP contribution in [-0.2, 0) is 9.59 Å². The average molecular weight is 266 g/mol. The Morgan fingerprint density at radius 2 is 2.32 bits per heavy atom. The molecule has 0 spiro atoms. The standard InChI is InChI=1S/C13H16FN3O2/c1-9-2-3-11(10(14)6-9)16-13(19)8-17-5-4-15-12(18)7-17/h2-3,6H,4-5,7-8H2,1H3,(H,15,18)(H,16,19)/p+1. The highest BCUT2D eigenvalue weighted by molar-refractivity contribution is 5.91. The van der Waals surface area contributed by atoms with Crippen molar-refractivity contribution in [3.63, 3.8) is 0 Å². The molecule has 2 rings (SSSR count). The lowest BCUT2D eigenvalue weighted by atomic mass is 10.2. The number of carbonyl (C=O) groups excluding carboxylic acids is 2. The van der Waals surface area contributed by atoms with Crippen LogP contribution in [0.1, 0.15) is 5.56 Å². The second-order valence-corrected chi connectivity index (χ2v) is 4.73. The molecule has 1 aliphatic rings. The van der Waals surface area contributed by atoms with Gasteiger partial charge in [0.15, 0.2) is 13.1 Å². The number of amides is 2. The van der Waals surface area contributed by atoms with Gasteiger partial charge >= 0.3 is 0 Å². The van der Waals surface area contributed by atoms with Crippen molar-refractivity contribution in [3.05, 3.63) is 29.6 Å². The Kier molecular flexibility index (Phi) is 4.11. The molecule has 3 N–H and O–H groups in total. The molecule has 1 atom stereocenters. The molecule has 6 heteroatoms. The van der Waals surface area contributed by atoms with Crippen LogP contribution in [0.4, 0.5) is 10.1 Å². The van der Waals surface area contributed by atoms with Gasteiger partial charge in [-0.25, -0.2) is 4.39 Å². The molecule has 5 nitrogen and oxygen atoms in total. The maximum absolute atomic E-state index is 13.6. The van der Waals surface area contributed by atoms with Crippen LogP contribution >= 0.6 is 0 Å². The van der Waals surface area contributed by atoms with E-state index in [0.29, 0.717) is 13.1 Å². The number of hydrogen-bond donors (Lipinski definition) is 3. The highest BCUT2D eigenvalue weighted by Gasteiger charge is 2.22. The predicted octanol–water partition coefficient (Wildman–Crippen LogP) is -0.913. The van der Waals surface area contributed by atoms with Gasteiger partial charge in [-0.1, -0.05) is 6.07 Å². The Labute approximate surface area is 110 Å². The Bertz CT molecular complexity index is 505. The van der Waals surface area contributed by atoms with Gasteiger partial charge in [0.1, 0.15) is 5.82 Å². The highest BCUT2D eigenvalue weighted by atomic mass is 19.1. The zero-order valence-electron chi connectivity index (χ0n) is 10.8. The van der Waals surface area contributed by atoms with Gasteiger partial charge in [0.2, 0.25) is 0 Å². The summed E-state index contributed by atoms with van der Waals surface area (Å²) in [6.45, 7) is 3.51. The van der Waals surface area contributed by atoms with Crippen molar-refractivity contribution in [2.75, 3.05) is 31.5 Å². The molecule has 19 heavy (non-hydrogen) atoms. The topological polar surface area (TPSA) is 62.6 Å². The van der Waals surface area contributed by atoms with Gasteiger partial charge in [-0.15, -0.1) is 0 Å². The summed E-state index contributed by atoms with van der Waals surface area (Å²) in [7, 11) is 0. The van der Waals surface area contributed by atoms with E-state index in [1.54, 1.807) is 19.1 Å². The van der Waals surface area contributed by atoms with Crippen LogP contribution in [0.3, 0.4) is 0 Å². The SMILES string of the molecule is Cc1ccc(NC(=O)C[NH+]2CCNC(=O)C2)c(F)c1. The molecule has 0 aliphatic carbocycles. The smallest absolute Gasteiger partial charge is 0.279 e. The fourth-order valence-corrected chi connectivity index (χ4v) is 2.05. The van der Waals surface area contributed by atoms with Gasteiger partial charge in [-0.2, -0.15) is 0 Å². The van der Waals surface area contributed by atoms with Crippen LogP contribution in [-0.4, -0.2) is 38.0 Å². The van der Waals surface area contributed by atoms with Crippen LogP contribution in [0.25, 0.3) is 0 Å². The Balaban J connectivity index is 1.92. The quantitative estimate of drug-likeness (QED) is 0.663. The lowest BCUT2D eigenvalue weighted by Gasteiger charge is -2.22. The zero-order chi connectivity index (χ0) is 13.8. The number of carbonyl (C=O) groups is 2. The van der Waals surface area contributed by atoms with Crippen LogP contribution in [0.15, 0.2) is 18.2 Å². The summed E-state index contributed by atoms with van der Waals surface area (Å²) in [5, 5.41) is 5.23. The van der Waals surface area contributed by atoms with Crippen molar-refractivity contribution >= 4 is 17.5 Å². The second-order valence-electron chi connectivity index (χ2n) is 4.73. The number of rotatable bonds is 3. The van der Waals surface area contributed by atoms with Gasteiger partial charge in [0, 0.05) is 0 Å². The average Bonchev–Trinajstić information content (AvgIpc) is 2.33. The van der Waals surface area contributed by atoms with E-state index < -0.39 is 5.82 Å². The summed E-state index contributed by atoms with van der Waals surface area (Å²) < 4.78 is 13.6. The van der Waals surface area contributed by atoms with E-state index in [1.807, 2.05) is 0 Å². The van der Waals surface area contributed by atoms with E-state index in [0.717, 1.165) is 10.5 Å².